The summed E-state index contributed by atoms with van der Waals surface area (Å²) in [4.78, 5) is 0. The van der Waals surface area contributed by atoms with Gasteiger partial charge in [-0.05, 0) is 24.0 Å². The first kappa shape index (κ1) is 12.8. The maximum absolute atomic E-state index is 10.5. The van der Waals surface area contributed by atoms with Gasteiger partial charge in [-0.2, -0.15) is 0 Å². The normalized spacial score (nSPS) is 11.6. The van der Waals surface area contributed by atoms with Gasteiger partial charge in [0.1, 0.15) is 11.5 Å². The van der Waals surface area contributed by atoms with Crippen LogP contribution in [0.3, 0.4) is 0 Å². The van der Waals surface area contributed by atoms with Gasteiger partial charge in [-0.25, -0.2) is 0 Å². The molecule has 2 nitrogen and oxygen atoms in total. The second kappa shape index (κ2) is 4.71. The van der Waals surface area contributed by atoms with Crippen molar-refractivity contribution in [3.8, 4) is 11.5 Å². The summed E-state index contributed by atoms with van der Waals surface area (Å²) >= 11 is 0. The third-order valence-electron chi connectivity index (χ3n) is 3.68. The summed E-state index contributed by atoms with van der Waals surface area (Å²) in [5, 5.41) is 23.7. The van der Waals surface area contributed by atoms with Crippen LogP contribution < -0.4 is 0 Å². The van der Waals surface area contributed by atoms with E-state index in [-0.39, 0.29) is 11.5 Å². The van der Waals surface area contributed by atoms with E-state index in [4.69, 9.17) is 0 Å². The highest BCUT2D eigenvalue weighted by Crippen LogP contribution is 2.41. The summed E-state index contributed by atoms with van der Waals surface area (Å²) in [6.45, 7) is 4.34. The zero-order chi connectivity index (χ0) is 14.3. The number of fused-ring (bicyclic) bond motifs is 2. The van der Waals surface area contributed by atoms with E-state index in [1.807, 2.05) is 42.5 Å². The average molecular weight is 266 g/mol. The highest BCUT2D eigenvalue weighted by Gasteiger charge is 2.12. The van der Waals surface area contributed by atoms with Gasteiger partial charge in [-0.3, -0.25) is 0 Å². The smallest absolute Gasteiger partial charge is 0.131 e. The van der Waals surface area contributed by atoms with Gasteiger partial charge in [0.2, 0.25) is 0 Å². The molecule has 0 aliphatic rings. The van der Waals surface area contributed by atoms with Crippen molar-refractivity contribution in [3.63, 3.8) is 0 Å². The van der Waals surface area contributed by atoms with E-state index in [2.05, 4.69) is 13.8 Å². The fourth-order valence-corrected chi connectivity index (χ4v) is 2.78. The predicted octanol–water partition coefficient (Wildman–Crippen LogP) is 4.60. The lowest BCUT2D eigenvalue weighted by Gasteiger charge is -2.12. The molecule has 2 N–H and O–H groups in total. The number of phenols is 2. The van der Waals surface area contributed by atoms with Crippen molar-refractivity contribution >= 4 is 21.5 Å². The first-order valence-corrected chi connectivity index (χ1v) is 6.93. The summed E-state index contributed by atoms with van der Waals surface area (Å²) in [5.74, 6) is 1.05. The van der Waals surface area contributed by atoms with E-state index < -0.39 is 0 Å². The lowest BCUT2D eigenvalue weighted by molar-refractivity contribution is 0.478. The Morgan fingerprint density at radius 2 is 1.35 bits per heavy atom. The predicted molar refractivity (Wildman–Crippen MR) is 83.3 cm³/mol. The van der Waals surface area contributed by atoms with Crippen molar-refractivity contribution in [2.75, 3.05) is 0 Å². The SMILES string of the molecule is CC(C)Cc1ccc2c(O)c3ccccc3c(O)c2c1. The largest absolute Gasteiger partial charge is 0.507 e. The minimum atomic E-state index is 0.240. The molecular weight excluding hydrogens is 248 g/mol. The van der Waals surface area contributed by atoms with Crippen molar-refractivity contribution in [2.45, 2.75) is 20.3 Å². The Labute approximate surface area is 118 Å². The average Bonchev–Trinajstić information content (AvgIpc) is 2.44. The van der Waals surface area contributed by atoms with Crippen molar-refractivity contribution < 1.29 is 10.2 Å². The van der Waals surface area contributed by atoms with Crippen LogP contribution in [-0.4, -0.2) is 10.2 Å². The number of phenolic OH excluding ortho intramolecular Hbond substituents is 2. The van der Waals surface area contributed by atoms with Crippen LogP contribution in [0.4, 0.5) is 0 Å². The summed E-state index contributed by atoms with van der Waals surface area (Å²) in [5.41, 5.74) is 1.18. The van der Waals surface area contributed by atoms with E-state index >= 15 is 0 Å². The van der Waals surface area contributed by atoms with Crippen LogP contribution in [0, 0.1) is 5.92 Å². The molecule has 0 saturated heterocycles. The summed E-state index contributed by atoms with van der Waals surface area (Å²) in [6.07, 6.45) is 0.961. The van der Waals surface area contributed by atoms with E-state index in [1.165, 1.54) is 5.56 Å². The molecule has 102 valence electrons. The summed E-state index contributed by atoms with van der Waals surface area (Å²) in [6, 6.07) is 13.3. The molecule has 0 spiro atoms. The molecule has 0 atom stereocenters. The van der Waals surface area contributed by atoms with Crippen LogP contribution in [0.25, 0.3) is 21.5 Å². The molecule has 3 aromatic rings. The molecule has 0 amide bonds. The monoisotopic (exact) mass is 266 g/mol. The van der Waals surface area contributed by atoms with E-state index in [1.54, 1.807) is 0 Å². The topological polar surface area (TPSA) is 40.5 Å². The van der Waals surface area contributed by atoms with Gasteiger partial charge in [0.25, 0.3) is 0 Å². The number of hydrogen-bond acceptors (Lipinski definition) is 2. The van der Waals surface area contributed by atoms with Crippen molar-refractivity contribution in [2.24, 2.45) is 5.92 Å². The molecule has 20 heavy (non-hydrogen) atoms. The van der Waals surface area contributed by atoms with Crippen molar-refractivity contribution in [3.05, 3.63) is 48.0 Å². The van der Waals surface area contributed by atoms with E-state index in [0.717, 1.165) is 11.8 Å². The van der Waals surface area contributed by atoms with Gasteiger partial charge >= 0.3 is 0 Å². The van der Waals surface area contributed by atoms with Crippen LogP contribution in [-0.2, 0) is 6.42 Å². The molecule has 0 heterocycles. The lowest BCUT2D eigenvalue weighted by atomic mass is 9.96. The number of rotatable bonds is 2. The Kier molecular flexibility index (Phi) is 3.01. The van der Waals surface area contributed by atoms with Crippen LogP contribution in [0.2, 0.25) is 0 Å². The molecule has 0 fully saturated rings. The van der Waals surface area contributed by atoms with Gasteiger partial charge < -0.3 is 10.2 Å². The van der Waals surface area contributed by atoms with Gasteiger partial charge in [0.05, 0.1) is 0 Å². The molecule has 0 aromatic heterocycles. The van der Waals surface area contributed by atoms with Crippen molar-refractivity contribution in [1.82, 2.24) is 0 Å². The van der Waals surface area contributed by atoms with Crippen LogP contribution in [0.15, 0.2) is 42.5 Å². The summed E-state index contributed by atoms with van der Waals surface area (Å²) < 4.78 is 0. The third kappa shape index (κ3) is 1.97. The lowest BCUT2D eigenvalue weighted by Crippen LogP contribution is -1.94. The van der Waals surface area contributed by atoms with Crippen molar-refractivity contribution in [1.29, 1.82) is 0 Å². The van der Waals surface area contributed by atoms with Crippen LogP contribution >= 0.6 is 0 Å². The molecule has 0 unspecified atom stereocenters. The maximum Gasteiger partial charge on any atom is 0.131 e. The zero-order valence-electron chi connectivity index (χ0n) is 11.7. The molecule has 0 bridgehead atoms. The van der Waals surface area contributed by atoms with Gasteiger partial charge in [-0.15, -0.1) is 0 Å². The molecule has 3 rings (SSSR count). The number of benzene rings is 3. The molecule has 0 aliphatic carbocycles. The van der Waals surface area contributed by atoms with E-state index in [9.17, 15) is 10.2 Å². The zero-order valence-corrected chi connectivity index (χ0v) is 11.7. The summed E-state index contributed by atoms with van der Waals surface area (Å²) in [7, 11) is 0. The Bertz CT molecular complexity index is 788. The molecular formula is C18H18O2. The van der Waals surface area contributed by atoms with E-state index in [0.29, 0.717) is 22.1 Å². The quantitative estimate of drug-likeness (QED) is 0.525. The third-order valence-corrected chi connectivity index (χ3v) is 3.68. The molecule has 0 radical (unpaired) electrons. The van der Waals surface area contributed by atoms with Crippen LogP contribution in [0.5, 0.6) is 11.5 Å². The minimum Gasteiger partial charge on any atom is -0.507 e. The van der Waals surface area contributed by atoms with Gasteiger partial charge in [0, 0.05) is 21.5 Å². The first-order chi connectivity index (χ1) is 9.58. The second-order valence-corrected chi connectivity index (χ2v) is 5.72. The maximum atomic E-state index is 10.5. The standard InChI is InChI=1S/C18H18O2/c1-11(2)9-12-7-8-15-16(10-12)18(20)14-6-4-3-5-13(14)17(15)19/h3-8,10-11,19-20H,9H2,1-2H3. The Hall–Kier alpha value is -2.22. The van der Waals surface area contributed by atoms with Gasteiger partial charge in [-0.1, -0.05) is 50.2 Å². The Morgan fingerprint density at radius 1 is 0.800 bits per heavy atom. The Balaban J connectivity index is 2.35. The molecule has 3 aromatic carbocycles. The molecule has 0 aliphatic heterocycles. The number of aromatic hydroxyl groups is 2. The fraction of sp³-hybridized carbons (Fsp3) is 0.222. The van der Waals surface area contributed by atoms with Crippen LogP contribution in [0.1, 0.15) is 19.4 Å². The highest BCUT2D eigenvalue weighted by molar-refractivity contribution is 6.10. The minimum absolute atomic E-state index is 0.240. The fourth-order valence-electron chi connectivity index (χ4n) is 2.78. The number of hydrogen-bond donors (Lipinski definition) is 2. The molecule has 2 heteroatoms. The second-order valence-electron chi connectivity index (χ2n) is 5.72. The first-order valence-electron chi connectivity index (χ1n) is 6.93. The van der Waals surface area contributed by atoms with Gasteiger partial charge in [0.15, 0.2) is 0 Å². The molecule has 0 saturated carbocycles. The Morgan fingerprint density at radius 3 is 1.95 bits per heavy atom. The highest BCUT2D eigenvalue weighted by atomic mass is 16.3.